The Morgan fingerprint density at radius 2 is 2.22 bits per heavy atom. The number of aryl methyl sites for hydroxylation is 1. The van der Waals surface area contributed by atoms with Crippen molar-refractivity contribution in [3.8, 4) is 0 Å². The van der Waals surface area contributed by atoms with Crippen LogP contribution in [0.25, 0.3) is 10.2 Å². The minimum Gasteiger partial charge on any atom is -0.367 e. The van der Waals surface area contributed by atoms with Crippen LogP contribution in [0.15, 0.2) is 6.07 Å². The molecule has 0 saturated heterocycles. The van der Waals surface area contributed by atoms with Crippen molar-refractivity contribution in [2.24, 2.45) is 5.92 Å². The molecule has 1 N–H and O–H groups in total. The van der Waals surface area contributed by atoms with Gasteiger partial charge in [-0.05, 0) is 49.8 Å². The number of thiophene rings is 1. The highest BCUT2D eigenvalue weighted by Gasteiger charge is 2.22. The van der Waals surface area contributed by atoms with Gasteiger partial charge in [0.05, 0.1) is 5.39 Å². The molecule has 2 heterocycles. The molecule has 1 fully saturated rings. The fourth-order valence-corrected chi connectivity index (χ4v) is 3.76. The van der Waals surface area contributed by atoms with Gasteiger partial charge in [-0.25, -0.2) is 9.97 Å². The number of halogens is 1. The molecule has 0 amide bonds. The van der Waals surface area contributed by atoms with E-state index in [2.05, 4.69) is 35.2 Å². The highest BCUT2D eigenvalue weighted by molar-refractivity contribution is 7.18. The Kier molecular flexibility index (Phi) is 3.16. The molecule has 2 atom stereocenters. The summed E-state index contributed by atoms with van der Waals surface area (Å²) in [5.41, 5.74) is 0. The van der Waals surface area contributed by atoms with Gasteiger partial charge < -0.3 is 5.32 Å². The van der Waals surface area contributed by atoms with Crippen LogP contribution < -0.4 is 5.32 Å². The molecule has 3 rings (SSSR count). The number of anilines is 1. The highest BCUT2D eigenvalue weighted by atomic mass is 35.5. The van der Waals surface area contributed by atoms with Crippen LogP contribution in [0.4, 0.5) is 5.82 Å². The zero-order chi connectivity index (χ0) is 12.7. The van der Waals surface area contributed by atoms with Crippen molar-refractivity contribution < 1.29 is 0 Å². The molecule has 1 aliphatic rings. The SMILES string of the molecule is Cc1cc2c(NC3CCC(C)C3)nc(Cl)nc2s1. The van der Waals surface area contributed by atoms with E-state index < -0.39 is 0 Å². The molecule has 0 aliphatic heterocycles. The molecule has 1 aliphatic carbocycles. The van der Waals surface area contributed by atoms with Crippen molar-refractivity contribution in [3.63, 3.8) is 0 Å². The van der Waals surface area contributed by atoms with Gasteiger partial charge in [0, 0.05) is 10.9 Å². The van der Waals surface area contributed by atoms with E-state index in [0.29, 0.717) is 11.3 Å². The number of hydrogen-bond acceptors (Lipinski definition) is 4. The van der Waals surface area contributed by atoms with Gasteiger partial charge in [0.15, 0.2) is 0 Å². The topological polar surface area (TPSA) is 37.8 Å². The van der Waals surface area contributed by atoms with Crippen LogP contribution in [0.3, 0.4) is 0 Å². The molecule has 96 valence electrons. The molecule has 2 aromatic heterocycles. The van der Waals surface area contributed by atoms with E-state index in [-0.39, 0.29) is 0 Å². The molecule has 1 saturated carbocycles. The molecule has 18 heavy (non-hydrogen) atoms. The fraction of sp³-hybridized carbons (Fsp3) is 0.538. The fourth-order valence-electron chi connectivity index (χ4n) is 2.66. The van der Waals surface area contributed by atoms with Crippen LogP contribution in [0, 0.1) is 12.8 Å². The first kappa shape index (κ1) is 12.2. The summed E-state index contributed by atoms with van der Waals surface area (Å²) in [7, 11) is 0. The number of nitrogens with zero attached hydrogens (tertiary/aromatic N) is 2. The molecule has 2 unspecified atom stereocenters. The summed E-state index contributed by atoms with van der Waals surface area (Å²) >= 11 is 7.66. The molecule has 0 radical (unpaired) electrons. The largest absolute Gasteiger partial charge is 0.367 e. The van der Waals surface area contributed by atoms with Gasteiger partial charge in [-0.15, -0.1) is 11.3 Å². The normalized spacial score (nSPS) is 23.7. The van der Waals surface area contributed by atoms with Crippen molar-refractivity contribution in [2.75, 3.05) is 5.32 Å². The maximum absolute atomic E-state index is 5.99. The van der Waals surface area contributed by atoms with E-state index in [9.17, 15) is 0 Å². The first-order valence-corrected chi connectivity index (χ1v) is 7.51. The van der Waals surface area contributed by atoms with Gasteiger partial charge in [-0.2, -0.15) is 0 Å². The lowest BCUT2D eigenvalue weighted by Crippen LogP contribution is -2.16. The van der Waals surface area contributed by atoms with Gasteiger partial charge in [-0.1, -0.05) is 6.92 Å². The Labute approximate surface area is 116 Å². The summed E-state index contributed by atoms with van der Waals surface area (Å²) in [4.78, 5) is 10.8. The third kappa shape index (κ3) is 2.31. The maximum atomic E-state index is 5.99. The number of hydrogen-bond donors (Lipinski definition) is 1. The summed E-state index contributed by atoms with van der Waals surface area (Å²) in [6.45, 7) is 4.39. The van der Waals surface area contributed by atoms with Crippen LogP contribution in [0.2, 0.25) is 5.28 Å². The Morgan fingerprint density at radius 1 is 1.39 bits per heavy atom. The van der Waals surface area contributed by atoms with Gasteiger partial charge in [0.25, 0.3) is 0 Å². The van der Waals surface area contributed by atoms with E-state index in [1.165, 1.54) is 24.1 Å². The van der Waals surface area contributed by atoms with Crippen molar-refractivity contribution >= 4 is 39.0 Å². The van der Waals surface area contributed by atoms with E-state index in [1.807, 2.05) is 0 Å². The second-order valence-corrected chi connectivity index (χ2v) is 6.75. The summed E-state index contributed by atoms with van der Waals surface area (Å²) in [5, 5.41) is 4.97. The summed E-state index contributed by atoms with van der Waals surface area (Å²) < 4.78 is 0. The monoisotopic (exact) mass is 281 g/mol. The lowest BCUT2D eigenvalue weighted by atomic mass is 10.1. The van der Waals surface area contributed by atoms with E-state index >= 15 is 0 Å². The van der Waals surface area contributed by atoms with Crippen molar-refractivity contribution in [3.05, 3.63) is 16.2 Å². The number of aromatic nitrogens is 2. The Hall–Kier alpha value is -0.870. The van der Waals surface area contributed by atoms with E-state index in [0.717, 1.165) is 22.0 Å². The predicted octanol–water partition coefficient (Wildman–Crippen LogP) is 4.25. The molecule has 0 aromatic carbocycles. The Bertz CT molecular complexity index is 581. The second kappa shape index (κ2) is 4.67. The maximum Gasteiger partial charge on any atom is 0.225 e. The first-order valence-electron chi connectivity index (χ1n) is 6.32. The van der Waals surface area contributed by atoms with Crippen LogP contribution in [-0.4, -0.2) is 16.0 Å². The molecule has 3 nitrogen and oxygen atoms in total. The highest BCUT2D eigenvalue weighted by Crippen LogP contribution is 2.32. The van der Waals surface area contributed by atoms with Gasteiger partial charge in [0.2, 0.25) is 5.28 Å². The molecular weight excluding hydrogens is 266 g/mol. The smallest absolute Gasteiger partial charge is 0.225 e. The molecular formula is C13H16ClN3S. The standard InChI is InChI=1S/C13H16ClN3S/c1-7-3-4-9(5-7)15-11-10-6-8(2)18-12(10)17-13(14)16-11/h6-7,9H,3-5H2,1-2H3,(H,15,16,17). The second-order valence-electron chi connectivity index (χ2n) is 5.18. The van der Waals surface area contributed by atoms with Crippen LogP contribution in [0.5, 0.6) is 0 Å². The summed E-state index contributed by atoms with van der Waals surface area (Å²) in [6, 6.07) is 2.66. The summed E-state index contributed by atoms with van der Waals surface area (Å²) in [5.74, 6) is 1.70. The lowest BCUT2D eigenvalue weighted by Gasteiger charge is -2.13. The molecule has 5 heteroatoms. The Balaban J connectivity index is 1.95. The van der Waals surface area contributed by atoms with Gasteiger partial charge >= 0.3 is 0 Å². The van der Waals surface area contributed by atoms with Gasteiger partial charge in [0.1, 0.15) is 10.6 Å². The summed E-state index contributed by atoms with van der Waals surface area (Å²) in [6.07, 6.45) is 3.72. The predicted molar refractivity (Wildman–Crippen MR) is 77.6 cm³/mol. The minimum absolute atomic E-state index is 0.331. The van der Waals surface area contributed by atoms with Crippen LogP contribution in [0.1, 0.15) is 31.1 Å². The Morgan fingerprint density at radius 3 is 2.94 bits per heavy atom. The number of rotatable bonds is 2. The third-order valence-electron chi connectivity index (χ3n) is 3.52. The molecule has 0 spiro atoms. The zero-order valence-corrected chi connectivity index (χ0v) is 12.1. The van der Waals surface area contributed by atoms with Crippen molar-refractivity contribution in [1.82, 2.24) is 9.97 Å². The average molecular weight is 282 g/mol. The van der Waals surface area contributed by atoms with Gasteiger partial charge in [-0.3, -0.25) is 0 Å². The third-order valence-corrected chi connectivity index (χ3v) is 4.64. The van der Waals surface area contributed by atoms with Crippen molar-refractivity contribution in [2.45, 2.75) is 39.2 Å². The number of nitrogens with one attached hydrogen (secondary N) is 1. The molecule has 0 bridgehead atoms. The molecule has 2 aromatic rings. The number of fused-ring (bicyclic) bond motifs is 1. The van der Waals surface area contributed by atoms with E-state index in [1.54, 1.807) is 11.3 Å². The lowest BCUT2D eigenvalue weighted by molar-refractivity contribution is 0.602. The van der Waals surface area contributed by atoms with Crippen LogP contribution in [-0.2, 0) is 0 Å². The quantitative estimate of drug-likeness (QED) is 0.836. The van der Waals surface area contributed by atoms with E-state index in [4.69, 9.17) is 11.6 Å². The average Bonchev–Trinajstić information content (AvgIpc) is 2.84. The van der Waals surface area contributed by atoms with Crippen LogP contribution >= 0.6 is 22.9 Å². The first-order chi connectivity index (χ1) is 8.61. The minimum atomic E-state index is 0.331. The van der Waals surface area contributed by atoms with Crippen molar-refractivity contribution in [1.29, 1.82) is 0 Å². The zero-order valence-electron chi connectivity index (χ0n) is 10.5.